The average molecular weight is 1170 g/mol. The molecule has 8 bridgehead atoms. The molecule has 7 nitrogen and oxygen atoms in total. The van der Waals surface area contributed by atoms with Crippen LogP contribution in [0, 0.1) is 10.1 Å². The van der Waals surface area contributed by atoms with E-state index in [9.17, 15) is 10.1 Å². The van der Waals surface area contributed by atoms with Gasteiger partial charge >= 0.3 is 19.5 Å². The number of rotatable bonds is 5. The summed E-state index contributed by atoms with van der Waals surface area (Å²) in [6, 6.07) is 35.7. The van der Waals surface area contributed by atoms with E-state index in [1.807, 2.05) is 6.07 Å². The van der Waals surface area contributed by atoms with Gasteiger partial charge in [-0.05, 0) is 144 Å². The Kier molecular flexibility index (Phi) is 16.2. The monoisotopic (exact) mass is 1170 g/mol. The third-order valence-corrected chi connectivity index (χ3v) is 16.7. The first-order valence-corrected chi connectivity index (χ1v) is 29.9. The summed E-state index contributed by atoms with van der Waals surface area (Å²) in [5.74, 6) is 0. The van der Waals surface area contributed by atoms with Crippen LogP contribution >= 0.6 is 0 Å². The SMILES string of the molecule is CC(C)(C)c1cc(-c2c3nc(c(-c4cc(C(C)(C)C)cc(C(C)(C)C)c4)c4ccc([n-]4)c(-c4cc(C(C)(C)C)cc(C(C)(C)C)c4)c4nc(c(-c5cc(C(C)(C)C)cc(C(C)(C)C)c5)c5ccc2[n-]5)C=C4[N+](=O)[O-])C=C3)cc(C(C)(C)C)c1.[Zn+2]. The summed E-state index contributed by atoms with van der Waals surface area (Å²) in [6.07, 6.45) is 5.98. The van der Waals surface area contributed by atoms with Crippen molar-refractivity contribution in [3.63, 3.8) is 0 Å². The number of hydrogen-bond acceptors (Lipinski definition) is 4. The van der Waals surface area contributed by atoms with E-state index in [0.29, 0.717) is 33.4 Å². The van der Waals surface area contributed by atoms with Crippen LogP contribution in [0.2, 0.25) is 0 Å². The molecule has 0 N–H and O–H groups in total. The van der Waals surface area contributed by atoms with Crippen LogP contribution in [0.3, 0.4) is 0 Å². The number of hydrogen-bond donors (Lipinski definition) is 0. The molecular formula is C76H91N5O2Zn. The van der Waals surface area contributed by atoms with Crippen molar-refractivity contribution in [2.75, 3.05) is 0 Å². The summed E-state index contributed by atoms with van der Waals surface area (Å²) < 4.78 is 0. The maximum absolute atomic E-state index is 14.1. The number of nitrogens with zero attached hydrogens (tertiary/aromatic N) is 5. The van der Waals surface area contributed by atoms with E-state index < -0.39 is 0 Å². The van der Waals surface area contributed by atoms with Crippen LogP contribution in [0.1, 0.15) is 233 Å². The Hall–Kier alpha value is -6.50. The van der Waals surface area contributed by atoms with Crippen LogP contribution in [0.15, 0.2) is 97.1 Å². The molecule has 0 fully saturated rings. The molecule has 0 radical (unpaired) electrons. The Labute approximate surface area is 515 Å². The molecule has 4 aromatic carbocycles. The Morgan fingerprint density at radius 1 is 0.333 bits per heavy atom. The van der Waals surface area contributed by atoms with Crippen LogP contribution < -0.4 is 9.97 Å². The van der Waals surface area contributed by atoms with Crippen molar-refractivity contribution in [2.45, 2.75) is 209 Å². The fourth-order valence-corrected chi connectivity index (χ4v) is 11.0. The zero-order chi connectivity index (χ0) is 61.3. The second-order valence-electron chi connectivity index (χ2n) is 32.0. The molecule has 7 aromatic rings. The van der Waals surface area contributed by atoms with Crippen LogP contribution in [-0.4, -0.2) is 14.9 Å². The number of fused-ring (bicyclic) bond motifs is 8. The van der Waals surface area contributed by atoms with Gasteiger partial charge < -0.3 is 9.97 Å². The van der Waals surface area contributed by atoms with Gasteiger partial charge in [-0.2, -0.15) is 0 Å². The maximum Gasteiger partial charge on any atom is 2.00 e. The summed E-state index contributed by atoms with van der Waals surface area (Å²) in [6.45, 7) is 53.9. The Bertz CT molecular complexity index is 3880. The Morgan fingerprint density at radius 2 is 0.560 bits per heavy atom. The molecule has 0 atom stereocenters. The van der Waals surface area contributed by atoms with E-state index in [1.54, 1.807) is 6.08 Å². The minimum atomic E-state index is -0.268. The summed E-state index contributed by atoms with van der Waals surface area (Å²) in [4.78, 5) is 36.7. The van der Waals surface area contributed by atoms with Crippen molar-refractivity contribution in [1.82, 2.24) is 19.9 Å². The average Bonchev–Trinajstić information content (AvgIpc) is 2.94. The smallest absolute Gasteiger partial charge is 0.657 e. The second kappa shape index (κ2) is 21.5. The predicted octanol–water partition coefficient (Wildman–Crippen LogP) is 20.6. The first-order valence-electron chi connectivity index (χ1n) is 29.9. The Morgan fingerprint density at radius 3 is 0.798 bits per heavy atom. The number of nitro groups is 1. The molecule has 0 saturated heterocycles. The third kappa shape index (κ3) is 12.9. The third-order valence-electron chi connectivity index (χ3n) is 16.7. The van der Waals surface area contributed by atoms with Crippen molar-refractivity contribution >= 4 is 46.0 Å². The van der Waals surface area contributed by atoms with Crippen LogP contribution in [0.4, 0.5) is 0 Å². The van der Waals surface area contributed by atoms with E-state index in [1.165, 1.54) is 22.3 Å². The molecule has 3 aromatic heterocycles. The van der Waals surface area contributed by atoms with Gasteiger partial charge in [0.05, 0.1) is 22.0 Å². The van der Waals surface area contributed by atoms with Crippen molar-refractivity contribution < 1.29 is 24.4 Å². The van der Waals surface area contributed by atoms with Crippen LogP contribution in [0.25, 0.3) is 90.5 Å². The zero-order valence-electron chi connectivity index (χ0n) is 55.2. The minimum absolute atomic E-state index is 0. The van der Waals surface area contributed by atoms with Crippen molar-refractivity contribution in [1.29, 1.82) is 0 Å². The molecule has 8 heteroatoms. The Balaban J connectivity index is 0.00000920. The molecule has 5 heterocycles. The van der Waals surface area contributed by atoms with Crippen LogP contribution in [0.5, 0.6) is 0 Å². The van der Waals surface area contributed by atoms with Gasteiger partial charge in [0.1, 0.15) is 5.69 Å². The summed E-state index contributed by atoms with van der Waals surface area (Å²) in [5.41, 5.74) is 19.3. The molecule has 0 aliphatic carbocycles. The molecule has 0 amide bonds. The van der Waals surface area contributed by atoms with Crippen molar-refractivity contribution in [2.24, 2.45) is 0 Å². The first kappa shape index (κ1) is 63.5. The molecule has 9 rings (SSSR count). The number of aromatic nitrogens is 4. The molecule has 0 unspecified atom stereocenters. The summed E-state index contributed by atoms with van der Waals surface area (Å²) in [7, 11) is 0. The summed E-state index contributed by atoms with van der Waals surface area (Å²) >= 11 is 0. The number of benzene rings is 4. The molecule has 434 valence electrons. The van der Waals surface area contributed by atoms with Gasteiger partial charge in [0.25, 0.3) is 5.70 Å². The van der Waals surface area contributed by atoms with Gasteiger partial charge in [0.2, 0.25) is 0 Å². The first-order chi connectivity index (χ1) is 38.0. The van der Waals surface area contributed by atoms with Gasteiger partial charge in [-0.3, -0.25) is 10.1 Å². The predicted molar refractivity (Wildman–Crippen MR) is 354 cm³/mol. The normalized spacial score (nSPS) is 13.7. The zero-order valence-corrected chi connectivity index (χ0v) is 58.2. The molecule has 2 aliphatic heterocycles. The molecular weight excluding hydrogens is 1080 g/mol. The van der Waals surface area contributed by atoms with Crippen LogP contribution in [-0.2, 0) is 62.8 Å². The summed E-state index contributed by atoms with van der Waals surface area (Å²) in [5, 5.41) is 14.1. The van der Waals surface area contributed by atoms with E-state index in [0.717, 1.165) is 72.5 Å². The van der Waals surface area contributed by atoms with Crippen molar-refractivity contribution in [3.05, 3.63) is 174 Å². The topological polar surface area (TPSA) is 97.1 Å². The van der Waals surface area contributed by atoms with E-state index in [4.69, 9.17) is 19.9 Å². The van der Waals surface area contributed by atoms with Gasteiger partial charge in [0.15, 0.2) is 0 Å². The fraction of sp³-hybridized carbons (Fsp3) is 0.421. The van der Waals surface area contributed by atoms with E-state index in [2.05, 4.69) is 269 Å². The molecule has 84 heavy (non-hydrogen) atoms. The second-order valence-corrected chi connectivity index (χ2v) is 32.0. The quantitative estimate of drug-likeness (QED) is 0.0967. The van der Waals surface area contributed by atoms with E-state index >= 15 is 0 Å². The van der Waals surface area contributed by atoms with Gasteiger partial charge in [-0.25, -0.2) is 9.97 Å². The fourth-order valence-electron chi connectivity index (χ4n) is 11.0. The van der Waals surface area contributed by atoms with Crippen molar-refractivity contribution in [3.8, 4) is 44.5 Å². The molecule has 0 saturated carbocycles. The largest absolute Gasteiger partial charge is 2.00 e. The van der Waals surface area contributed by atoms with E-state index in [-0.39, 0.29) is 79.1 Å². The van der Waals surface area contributed by atoms with Gasteiger partial charge in [-0.1, -0.05) is 263 Å². The maximum atomic E-state index is 14.1. The van der Waals surface area contributed by atoms with Gasteiger partial charge in [0, 0.05) is 6.08 Å². The molecule has 0 spiro atoms. The minimum Gasteiger partial charge on any atom is -0.657 e. The molecule has 2 aliphatic rings. The standard InChI is InChI=1S/C76H91N5O2.Zn/c1-69(2,3)48-31-44(32-49(39-48)70(4,5)6)64-56-25-26-57(77-56)65(45-33-50(71(7,8)9)40-51(34-45)72(10,11)12)59-29-30-61(79-59)67(47-37-54(75(19,20)21)42-55(38-47)76(22,23)24)68-63(81(82)83)43-62(80-68)66(60-28-27-58(64)78-60)46-35-52(73(13,14)15)41-53(36-46)74(16,17)18;/h25-43H,1-24H3;/q-2;+2. The van der Waals surface area contributed by atoms with Gasteiger partial charge in [-0.15, -0.1) is 22.1 Å².